The van der Waals surface area contributed by atoms with E-state index in [1.165, 1.54) is 18.2 Å². The van der Waals surface area contributed by atoms with Crippen molar-refractivity contribution in [2.45, 2.75) is 5.33 Å². The molecule has 2 rings (SSSR count). The number of nitrogens with zero attached hydrogens (tertiary/aromatic N) is 1. The van der Waals surface area contributed by atoms with Crippen LogP contribution in [0.25, 0.3) is 0 Å². The Hall–Kier alpha value is -2.02. The second kappa shape index (κ2) is 5.96. The van der Waals surface area contributed by atoms with Crippen LogP contribution in [0.2, 0.25) is 0 Å². The summed E-state index contributed by atoms with van der Waals surface area (Å²) in [6, 6.07) is 6.94. The Bertz CT molecular complexity index is 664. The van der Waals surface area contributed by atoms with E-state index in [9.17, 15) is 18.9 Å². The highest BCUT2D eigenvalue weighted by Crippen LogP contribution is 2.34. The van der Waals surface area contributed by atoms with Crippen molar-refractivity contribution in [2.75, 3.05) is 0 Å². The summed E-state index contributed by atoms with van der Waals surface area (Å²) in [5, 5.41) is 11.0. The van der Waals surface area contributed by atoms with E-state index in [0.29, 0.717) is 0 Å². The molecule has 0 radical (unpaired) electrons. The molecule has 0 bridgehead atoms. The highest BCUT2D eigenvalue weighted by molar-refractivity contribution is 9.08. The minimum atomic E-state index is -0.693. The molecule has 0 aliphatic rings. The maximum atomic E-state index is 13.6. The normalized spacial score (nSPS) is 10.3. The van der Waals surface area contributed by atoms with Crippen LogP contribution in [0.5, 0.6) is 11.5 Å². The van der Waals surface area contributed by atoms with Gasteiger partial charge in [-0.15, -0.1) is 0 Å². The third kappa shape index (κ3) is 2.93. The second-order valence-electron chi connectivity index (χ2n) is 3.82. The summed E-state index contributed by atoms with van der Waals surface area (Å²) in [5.41, 5.74) is -0.192. The molecule has 0 aromatic heterocycles. The molecule has 0 aliphatic carbocycles. The SMILES string of the molecule is O=[N+]([O-])c1ccc(F)cc1Oc1cccc(F)c1CBr. The fourth-order valence-corrected chi connectivity index (χ4v) is 2.15. The van der Waals surface area contributed by atoms with Crippen molar-refractivity contribution >= 4 is 21.6 Å². The van der Waals surface area contributed by atoms with Gasteiger partial charge in [-0.3, -0.25) is 10.1 Å². The van der Waals surface area contributed by atoms with Crippen LogP contribution in [-0.4, -0.2) is 4.92 Å². The van der Waals surface area contributed by atoms with Crippen molar-refractivity contribution in [3.63, 3.8) is 0 Å². The lowest BCUT2D eigenvalue weighted by Gasteiger charge is -2.10. The summed E-state index contributed by atoms with van der Waals surface area (Å²) in [7, 11) is 0. The van der Waals surface area contributed by atoms with Gasteiger partial charge in [0.15, 0.2) is 0 Å². The predicted molar refractivity (Wildman–Crippen MR) is 72.2 cm³/mol. The Morgan fingerprint density at radius 1 is 1.20 bits per heavy atom. The van der Waals surface area contributed by atoms with Crippen molar-refractivity contribution < 1.29 is 18.4 Å². The highest BCUT2D eigenvalue weighted by Gasteiger charge is 2.18. The maximum absolute atomic E-state index is 13.6. The fourth-order valence-electron chi connectivity index (χ4n) is 1.60. The molecule has 0 heterocycles. The van der Waals surface area contributed by atoms with Crippen LogP contribution in [0.15, 0.2) is 36.4 Å². The van der Waals surface area contributed by atoms with Gasteiger partial charge >= 0.3 is 5.69 Å². The summed E-state index contributed by atoms with van der Waals surface area (Å²) >= 11 is 3.11. The first-order valence-corrected chi connectivity index (χ1v) is 6.60. The zero-order valence-electron chi connectivity index (χ0n) is 9.98. The molecule has 0 aliphatic heterocycles. The Morgan fingerprint density at radius 3 is 2.60 bits per heavy atom. The molecule has 0 spiro atoms. The lowest BCUT2D eigenvalue weighted by atomic mass is 10.2. The van der Waals surface area contributed by atoms with Gasteiger partial charge in [0.2, 0.25) is 5.75 Å². The van der Waals surface area contributed by atoms with Crippen LogP contribution in [0.4, 0.5) is 14.5 Å². The molecule has 0 amide bonds. The van der Waals surface area contributed by atoms with Gasteiger partial charge in [0.1, 0.15) is 17.4 Å². The summed E-state index contributed by atoms with van der Waals surface area (Å²) in [4.78, 5) is 10.2. The van der Waals surface area contributed by atoms with Gasteiger partial charge in [-0.05, 0) is 18.2 Å². The van der Waals surface area contributed by atoms with Crippen LogP contribution in [-0.2, 0) is 5.33 Å². The van der Waals surface area contributed by atoms with Crippen LogP contribution in [0, 0.1) is 21.7 Å². The standard InChI is InChI=1S/C13H8BrF2NO3/c14-7-9-10(16)2-1-3-12(9)20-13-6-8(15)4-5-11(13)17(18)19/h1-6H,7H2. The van der Waals surface area contributed by atoms with E-state index in [1.807, 2.05) is 0 Å². The molecule has 20 heavy (non-hydrogen) atoms. The number of ether oxygens (including phenoxy) is 1. The van der Waals surface area contributed by atoms with Gasteiger partial charge in [0.25, 0.3) is 0 Å². The van der Waals surface area contributed by atoms with Crippen molar-refractivity contribution in [1.82, 2.24) is 0 Å². The zero-order valence-corrected chi connectivity index (χ0v) is 11.6. The molecule has 2 aromatic carbocycles. The maximum Gasteiger partial charge on any atom is 0.311 e. The van der Waals surface area contributed by atoms with Crippen LogP contribution in [0.3, 0.4) is 0 Å². The summed E-state index contributed by atoms with van der Waals surface area (Å²) in [6.07, 6.45) is 0. The van der Waals surface area contributed by atoms with E-state index in [-0.39, 0.29) is 22.4 Å². The van der Waals surface area contributed by atoms with Crippen LogP contribution >= 0.6 is 15.9 Å². The lowest BCUT2D eigenvalue weighted by molar-refractivity contribution is -0.385. The average molecular weight is 344 g/mol. The molecule has 0 unspecified atom stereocenters. The van der Waals surface area contributed by atoms with Gasteiger partial charge in [-0.25, -0.2) is 8.78 Å². The molecule has 4 nitrogen and oxygen atoms in total. The monoisotopic (exact) mass is 343 g/mol. The number of rotatable bonds is 4. The van der Waals surface area contributed by atoms with Crippen LogP contribution < -0.4 is 4.74 Å². The van der Waals surface area contributed by atoms with E-state index in [1.54, 1.807) is 0 Å². The summed E-state index contributed by atoms with van der Waals surface area (Å²) in [5.74, 6) is -1.38. The number of hydrogen-bond donors (Lipinski definition) is 0. The summed E-state index contributed by atoms with van der Waals surface area (Å²) < 4.78 is 32.1. The fraction of sp³-hybridized carbons (Fsp3) is 0.0769. The van der Waals surface area contributed by atoms with E-state index < -0.39 is 22.2 Å². The van der Waals surface area contributed by atoms with E-state index in [4.69, 9.17) is 4.74 Å². The molecule has 104 valence electrons. The van der Waals surface area contributed by atoms with E-state index in [0.717, 1.165) is 18.2 Å². The third-order valence-corrected chi connectivity index (χ3v) is 3.11. The van der Waals surface area contributed by atoms with Gasteiger partial charge in [-0.1, -0.05) is 22.0 Å². The van der Waals surface area contributed by atoms with Crippen molar-refractivity contribution in [3.05, 3.63) is 63.7 Å². The lowest BCUT2D eigenvalue weighted by Crippen LogP contribution is -1.97. The molecule has 7 heteroatoms. The average Bonchev–Trinajstić information content (AvgIpc) is 2.38. The minimum absolute atomic E-state index is 0.0931. The molecule has 0 fully saturated rings. The third-order valence-electron chi connectivity index (χ3n) is 2.55. The molecule has 0 atom stereocenters. The first-order chi connectivity index (χ1) is 9.52. The quantitative estimate of drug-likeness (QED) is 0.464. The smallest absolute Gasteiger partial charge is 0.311 e. The Balaban J connectivity index is 2.47. The summed E-state index contributed by atoms with van der Waals surface area (Å²) in [6.45, 7) is 0. The zero-order chi connectivity index (χ0) is 14.7. The number of nitro groups is 1. The number of alkyl halides is 1. The number of hydrogen-bond acceptors (Lipinski definition) is 3. The molecular formula is C13H8BrF2NO3. The number of nitro benzene ring substituents is 1. The first-order valence-electron chi connectivity index (χ1n) is 5.48. The molecule has 0 N–H and O–H groups in total. The Labute approximate surface area is 121 Å². The van der Waals surface area contributed by atoms with Gasteiger partial charge in [-0.2, -0.15) is 0 Å². The molecule has 0 saturated heterocycles. The van der Waals surface area contributed by atoms with Crippen LogP contribution in [0.1, 0.15) is 5.56 Å². The number of benzene rings is 2. The van der Waals surface area contributed by atoms with E-state index >= 15 is 0 Å². The predicted octanol–water partition coefficient (Wildman–Crippen LogP) is 4.56. The van der Waals surface area contributed by atoms with Crippen molar-refractivity contribution in [2.24, 2.45) is 0 Å². The molecule has 0 saturated carbocycles. The molecule has 2 aromatic rings. The Morgan fingerprint density at radius 2 is 1.95 bits per heavy atom. The van der Waals surface area contributed by atoms with E-state index in [2.05, 4.69) is 15.9 Å². The second-order valence-corrected chi connectivity index (χ2v) is 4.38. The minimum Gasteiger partial charge on any atom is -0.450 e. The largest absolute Gasteiger partial charge is 0.450 e. The molecular weight excluding hydrogens is 336 g/mol. The van der Waals surface area contributed by atoms with Crippen molar-refractivity contribution in [1.29, 1.82) is 0 Å². The Kier molecular flexibility index (Phi) is 4.29. The van der Waals surface area contributed by atoms with Crippen molar-refractivity contribution in [3.8, 4) is 11.5 Å². The number of halogens is 3. The highest BCUT2D eigenvalue weighted by atomic mass is 79.9. The van der Waals surface area contributed by atoms with Gasteiger partial charge in [0, 0.05) is 23.0 Å². The topological polar surface area (TPSA) is 52.4 Å². The van der Waals surface area contributed by atoms with Gasteiger partial charge in [0.05, 0.1) is 4.92 Å². The van der Waals surface area contributed by atoms with Gasteiger partial charge < -0.3 is 4.74 Å². The first kappa shape index (κ1) is 14.4.